The topological polar surface area (TPSA) is 60.7 Å². The van der Waals surface area contributed by atoms with Gasteiger partial charge in [0, 0.05) is 5.69 Å². The first-order chi connectivity index (χ1) is 10.1. The van der Waals surface area contributed by atoms with Gasteiger partial charge < -0.3 is 4.74 Å². The van der Waals surface area contributed by atoms with Gasteiger partial charge in [-0.05, 0) is 26.0 Å². The molecule has 0 saturated heterocycles. The molecule has 0 N–H and O–H groups in total. The number of aryl methyl sites for hydroxylation is 1. The van der Waals surface area contributed by atoms with E-state index in [0.717, 1.165) is 10.2 Å². The van der Waals surface area contributed by atoms with Crippen molar-refractivity contribution in [3.8, 4) is 0 Å². The maximum atomic E-state index is 12.7. The van der Waals surface area contributed by atoms with Crippen molar-refractivity contribution in [1.29, 1.82) is 0 Å². The van der Waals surface area contributed by atoms with E-state index in [2.05, 4.69) is 4.98 Å². The first kappa shape index (κ1) is 13.8. The minimum Gasteiger partial charge on any atom is -0.466 e. The Morgan fingerprint density at radius 2 is 2.14 bits per heavy atom. The Morgan fingerprint density at radius 1 is 1.38 bits per heavy atom. The molecule has 0 amide bonds. The van der Waals surface area contributed by atoms with Gasteiger partial charge in [-0.1, -0.05) is 23.5 Å². The molecular weight excluding hydrogens is 288 g/mol. The van der Waals surface area contributed by atoms with Crippen LogP contribution in [0.25, 0.3) is 15.2 Å². The van der Waals surface area contributed by atoms with Crippen LogP contribution < -0.4 is 5.56 Å². The zero-order chi connectivity index (χ0) is 15.0. The maximum absolute atomic E-state index is 12.7. The highest BCUT2D eigenvalue weighted by Crippen LogP contribution is 2.24. The molecule has 3 rings (SSSR count). The average Bonchev–Trinajstić information content (AvgIpc) is 2.81. The number of aromatic nitrogens is 2. The Morgan fingerprint density at radius 3 is 2.90 bits per heavy atom. The first-order valence-electron chi connectivity index (χ1n) is 6.67. The van der Waals surface area contributed by atoms with Crippen LogP contribution in [0.15, 0.2) is 29.1 Å². The minimum atomic E-state index is -0.404. The number of thiazole rings is 1. The van der Waals surface area contributed by atoms with E-state index in [1.807, 2.05) is 24.3 Å². The van der Waals surface area contributed by atoms with Gasteiger partial charge in [0.1, 0.15) is 0 Å². The summed E-state index contributed by atoms with van der Waals surface area (Å²) in [5, 5.41) is 0. The quantitative estimate of drug-likeness (QED) is 0.697. The van der Waals surface area contributed by atoms with E-state index in [4.69, 9.17) is 4.74 Å². The predicted octanol–water partition coefficient (Wildman–Crippen LogP) is 2.32. The molecule has 0 radical (unpaired) electrons. The Hall–Kier alpha value is -2.21. The summed E-state index contributed by atoms with van der Waals surface area (Å²) in [6.45, 7) is 3.79. The molecule has 0 aliphatic heterocycles. The molecule has 6 heteroatoms. The van der Waals surface area contributed by atoms with Crippen LogP contribution in [-0.4, -0.2) is 22.0 Å². The van der Waals surface area contributed by atoms with E-state index in [9.17, 15) is 9.59 Å². The van der Waals surface area contributed by atoms with Crippen LogP contribution in [-0.2, 0) is 16.0 Å². The Bertz CT molecular complexity index is 895. The molecule has 0 atom stereocenters. The minimum absolute atomic E-state index is 0.0430. The molecule has 5 nitrogen and oxygen atoms in total. The number of rotatable bonds is 3. The van der Waals surface area contributed by atoms with Gasteiger partial charge in [-0.25, -0.2) is 4.98 Å². The second-order valence-electron chi connectivity index (χ2n) is 4.65. The zero-order valence-corrected chi connectivity index (χ0v) is 12.6. The molecule has 2 aromatic heterocycles. The molecule has 21 heavy (non-hydrogen) atoms. The fourth-order valence-electron chi connectivity index (χ4n) is 2.30. The van der Waals surface area contributed by atoms with E-state index >= 15 is 0 Å². The Balaban J connectivity index is 2.24. The van der Waals surface area contributed by atoms with E-state index in [0.29, 0.717) is 22.8 Å². The molecule has 0 unspecified atom stereocenters. The molecular formula is C15H14N2O3S. The molecule has 0 fully saturated rings. The van der Waals surface area contributed by atoms with Crippen molar-refractivity contribution in [3.05, 3.63) is 45.9 Å². The third-order valence-corrected chi connectivity index (χ3v) is 4.31. The normalized spacial score (nSPS) is 11.1. The van der Waals surface area contributed by atoms with Crippen molar-refractivity contribution in [1.82, 2.24) is 9.38 Å². The number of benzene rings is 1. The lowest BCUT2D eigenvalue weighted by atomic mass is 10.2. The van der Waals surface area contributed by atoms with Gasteiger partial charge in [0.25, 0.3) is 5.56 Å². The van der Waals surface area contributed by atoms with Crippen LogP contribution in [0.2, 0.25) is 0 Å². The van der Waals surface area contributed by atoms with Gasteiger partial charge in [-0.2, -0.15) is 0 Å². The monoisotopic (exact) mass is 302 g/mol. The first-order valence-corrected chi connectivity index (χ1v) is 7.49. The Labute approximate surface area is 124 Å². The summed E-state index contributed by atoms with van der Waals surface area (Å²) in [6, 6.07) is 7.64. The van der Waals surface area contributed by atoms with Crippen LogP contribution in [0.4, 0.5) is 0 Å². The lowest BCUT2D eigenvalue weighted by Crippen LogP contribution is -2.23. The zero-order valence-electron chi connectivity index (χ0n) is 11.8. The standard InChI is InChI=1S/C15H14N2O3S/c1-3-20-13(18)8-10-9(2)16-15-17(14(10)19)11-6-4-5-7-12(11)21-15/h4-7H,3,8H2,1-2H3. The van der Waals surface area contributed by atoms with Crippen molar-refractivity contribution >= 4 is 32.5 Å². The fraction of sp³-hybridized carbons (Fsp3) is 0.267. The average molecular weight is 302 g/mol. The number of nitrogens with zero attached hydrogens (tertiary/aromatic N) is 2. The number of ether oxygens (including phenoxy) is 1. The second-order valence-corrected chi connectivity index (χ2v) is 5.66. The van der Waals surface area contributed by atoms with Crippen LogP contribution in [0, 0.1) is 6.92 Å². The molecule has 0 aliphatic carbocycles. The highest BCUT2D eigenvalue weighted by Gasteiger charge is 2.17. The van der Waals surface area contributed by atoms with Gasteiger partial charge in [-0.15, -0.1) is 0 Å². The van der Waals surface area contributed by atoms with E-state index in [1.165, 1.54) is 11.3 Å². The number of para-hydroxylation sites is 1. The predicted molar refractivity (Wildman–Crippen MR) is 81.9 cm³/mol. The molecule has 0 aliphatic rings. The molecule has 0 saturated carbocycles. The Kier molecular flexibility index (Phi) is 3.47. The van der Waals surface area contributed by atoms with Crippen molar-refractivity contribution in [2.24, 2.45) is 0 Å². The summed E-state index contributed by atoms with van der Waals surface area (Å²) in [5.74, 6) is -0.404. The number of carbonyl (C=O) groups excluding carboxylic acids is 1. The fourth-order valence-corrected chi connectivity index (χ4v) is 3.37. The summed E-state index contributed by atoms with van der Waals surface area (Å²) < 4.78 is 7.49. The van der Waals surface area contributed by atoms with Gasteiger partial charge in [-0.3, -0.25) is 14.0 Å². The number of carbonyl (C=O) groups is 1. The summed E-state index contributed by atoms with van der Waals surface area (Å²) in [6.07, 6.45) is -0.0430. The third-order valence-electron chi connectivity index (χ3n) is 3.29. The third kappa shape index (κ3) is 2.31. The number of esters is 1. The van der Waals surface area contributed by atoms with E-state index in [-0.39, 0.29) is 12.0 Å². The van der Waals surface area contributed by atoms with Crippen LogP contribution in [0.5, 0.6) is 0 Å². The van der Waals surface area contributed by atoms with Crippen molar-refractivity contribution < 1.29 is 9.53 Å². The molecule has 3 aromatic rings. The lowest BCUT2D eigenvalue weighted by molar-refractivity contribution is -0.142. The van der Waals surface area contributed by atoms with Crippen LogP contribution in [0.1, 0.15) is 18.2 Å². The number of fused-ring (bicyclic) bond motifs is 3. The second kappa shape index (κ2) is 5.29. The van der Waals surface area contributed by atoms with Crippen molar-refractivity contribution in [3.63, 3.8) is 0 Å². The lowest BCUT2D eigenvalue weighted by Gasteiger charge is -2.05. The highest BCUT2D eigenvalue weighted by molar-refractivity contribution is 7.23. The van der Waals surface area contributed by atoms with Gasteiger partial charge >= 0.3 is 5.97 Å². The summed E-state index contributed by atoms with van der Waals surface area (Å²) >= 11 is 1.46. The molecule has 2 heterocycles. The van der Waals surface area contributed by atoms with Crippen LogP contribution >= 0.6 is 11.3 Å². The smallest absolute Gasteiger partial charge is 0.310 e. The largest absolute Gasteiger partial charge is 0.466 e. The summed E-state index contributed by atoms with van der Waals surface area (Å²) in [4.78, 5) is 29.5. The van der Waals surface area contributed by atoms with Crippen molar-refractivity contribution in [2.75, 3.05) is 6.61 Å². The van der Waals surface area contributed by atoms with Gasteiger partial charge in [0.2, 0.25) is 0 Å². The molecule has 108 valence electrons. The molecule has 0 spiro atoms. The SMILES string of the molecule is CCOC(=O)Cc1c(C)nc2sc3ccccc3n2c1=O. The molecule has 1 aromatic carbocycles. The van der Waals surface area contributed by atoms with Crippen LogP contribution in [0.3, 0.4) is 0 Å². The van der Waals surface area contributed by atoms with Gasteiger partial charge in [0.15, 0.2) is 4.96 Å². The molecule has 0 bridgehead atoms. The maximum Gasteiger partial charge on any atom is 0.310 e. The number of hydrogen-bond acceptors (Lipinski definition) is 5. The highest BCUT2D eigenvalue weighted by atomic mass is 32.1. The summed E-state index contributed by atoms with van der Waals surface area (Å²) in [5.41, 5.74) is 1.61. The van der Waals surface area contributed by atoms with Gasteiger partial charge in [0.05, 0.1) is 28.8 Å². The van der Waals surface area contributed by atoms with Crippen molar-refractivity contribution in [2.45, 2.75) is 20.3 Å². The number of hydrogen-bond donors (Lipinski definition) is 0. The van der Waals surface area contributed by atoms with E-state index < -0.39 is 5.97 Å². The summed E-state index contributed by atoms with van der Waals surface area (Å²) in [7, 11) is 0. The van der Waals surface area contributed by atoms with E-state index in [1.54, 1.807) is 18.2 Å².